The molecule has 150 valence electrons. The first-order valence-electron chi connectivity index (χ1n) is 10.1. The zero-order valence-electron chi connectivity index (χ0n) is 16.8. The van der Waals surface area contributed by atoms with Gasteiger partial charge in [0.05, 0.1) is 16.8 Å². The molecule has 0 spiro atoms. The molecule has 0 saturated carbocycles. The van der Waals surface area contributed by atoms with E-state index in [2.05, 4.69) is 40.3 Å². The number of pyridine rings is 1. The van der Waals surface area contributed by atoms with E-state index in [1.165, 1.54) is 5.56 Å². The maximum Gasteiger partial charge on any atom is 0.252 e. The van der Waals surface area contributed by atoms with E-state index in [0.29, 0.717) is 5.56 Å². The quantitative estimate of drug-likeness (QED) is 0.362. The number of aryl methyl sites for hydroxylation is 1. The van der Waals surface area contributed by atoms with Gasteiger partial charge in [-0.25, -0.2) is 4.98 Å². The Kier molecular flexibility index (Phi) is 6.24. The van der Waals surface area contributed by atoms with Gasteiger partial charge in [-0.1, -0.05) is 76.6 Å². The third kappa shape index (κ3) is 4.77. The molecule has 0 aliphatic rings. The van der Waals surface area contributed by atoms with Crippen LogP contribution in [0.5, 0.6) is 0 Å². The molecule has 0 bridgehead atoms. The van der Waals surface area contributed by atoms with E-state index in [-0.39, 0.29) is 11.9 Å². The number of amides is 1. The average molecular weight is 459 g/mol. The SMILES string of the molecule is CC(CCc1ccccc1)NC(=O)c1cc(-c2ccc(Br)cc2)nc2ccccc12. The number of nitrogens with zero attached hydrogens (tertiary/aromatic N) is 1. The largest absolute Gasteiger partial charge is 0.350 e. The molecule has 4 rings (SSSR count). The normalized spacial score (nSPS) is 11.9. The van der Waals surface area contributed by atoms with E-state index >= 15 is 0 Å². The monoisotopic (exact) mass is 458 g/mol. The fourth-order valence-corrected chi connectivity index (χ4v) is 3.80. The molecule has 0 aliphatic carbocycles. The minimum atomic E-state index is -0.0625. The van der Waals surface area contributed by atoms with Gasteiger partial charge < -0.3 is 5.32 Å². The number of carbonyl (C=O) groups is 1. The predicted molar refractivity (Wildman–Crippen MR) is 127 cm³/mol. The number of rotatable bonds is 6. The highest BCUT2D eigenvalue weighted by molar-refractivity contribution is 9.10. The van der Waals surface area contributed by atoms with Crippen molar-refractivity contribution in [1.82, 2.24) is 10.3 Å². The average Bonchev–Trinajstić information content (AvgIpc) is 2.78. The lowest BCUT2D eigenvalue weighted by molar-refractivity contribution is 0.0940. The summed E-state index contributed by atoms with van der Waals surface area (Å²) in [6.07, 6.45) is 1.82. The van der Waals surface area contributed by atoms with E-state index in [4.69, 9.17) is 4.98 Å². The van der Waals surface area contributed by atoms with Crippen LogP contribution in [0.25, 0.3) is 22.2 Å². The number of fused-ring (bicyclic) bond motifs is 1. The van der Waals surface area contributed by atoms with Gasteiger partial charge in [-0.2, -0.15) is 0 Å². The van der Waals surface area contributed by atoms with Gasteiger partial charge in [-0.15, -0.1) is 0 Å². The molecule has 0 aliphatic heterocycles. The number of para-hydroxylation sites is 1. The summed E-state index contributed by atoms with van der Waals surface area (Å²) < 4.78 is 1.01. The number of halogens is 1. The summed E-state index contributed by atoms with van der Waals surface area (Å²) >= 11 is 3.47. The van der Waals surface area contributed by atoms with Gasteiger partial charge in [0.25, 0.3) is 5.91 Å². The van der Waals surface area contributed by atoms with Crippen molar-refractivity contribution < 1.29 is 4.79 Å². The first-order chi connectivity index (χ1) is 14.6. The molecule has 0 saturated heterocycles. The molecule has 4 heteroatoms. The summed E-state index contributed by atoms with van der Waals surface area (Å²) in [6, 6.07) is 28.1. The molecule has 4 aromatic rings. The van der Waals surface area contributed by atoms with Crippen LogP contribution in [0, 0.1) is 0 Å². The summed E-state index contributed by atoms with van der Waals surface area (Å²) in [6.45, 7) is 2.06. The van der Waals surface area contributed by atoms with E-state index in [1.54, 1.807) is 0 Å². The van der Waals surface area contributed by atoms with Crippen molar-refractivity contribution in [3.63, 3.8) is 0 Å². The van der Waals surface area contributed by atoms with Gasteiger partial charge in [0.2, 0.25) is 0 Å². The highest BCUT2D eigenvalue weighted by atomic mass is 79.9. The molecule has 1 aromatic heterocycles. The molecule has 1 N–H and O–H groups in total. The van der Waals surface area contributed by atoms with Gasteiger partial charge in [0.15, 0.2) is 0 Å². The van der Waals surface area contributed by atoms with Gasteiger partial charge in [-0.3, -0.25) is 4.79 Å². The minimum Gasteiger partial charge on any atom is -0.350 e. The standard InChI is InChI=1S/C26H23BrN2O/c1-18(11-12-19-7-3-2-4-8-19)28-26(30)23-17-25(20-13-15-21(27)16-14-20)29-24-10-6-5-9-22(23)24/h2-10,13-18H,11-12H2,1H3,(H,28,30). The van der Waals surface area contributed by atoms with Gasteiger partial charge in [0, 0.05) is 21.5 Å². The van der Waals surface area contributed by atoms with Crippen LogP contribution in [-0.4, -0.2) is 16.9 Å². The Morgan fingerprint density at radius 3 is 2.43 bits per heavy atom. The van der Waals surface area contributed by atoms with Crippen molar-refractivity contribution in [1.29, 1.82) is 0 Å². The molecular formula is C26H23BrN2O. The van der Waals surface area contributed by atoms with Crippen LogP contribution in [0.4, 0.5) is 0 Å². The summed E-state index contributed by atoms with van der Waals surface area (Å²) in [5, 5.41) is 4.04. The van der Waals surface area contributed by atoms with Crippen molar-refractivity contribution in [3.8, 4) is 11.3 Å². The Hall–Kier alpha value is -2.98. The summed E-state index contributed by atoms with van der Waals surface area (Å²) in [7, 11) is 0. The Balaban J connectivity index is 1.58. The van der Waals surface area contributed by atoms with E-state index in [9.17, 15) is 4.79 Å². The first-order valence-corrected chi connectivity index (χ1v) is 10.9. The van der Waals surface area contributed by atoms with Crippen molar-refractivity contribution in [2.75, 3.05) is 0 Å². The Morgan fingerprint density at radius 2 is 1.67 bits per heavy atom. The topological polar surface area (TPSA) is 42.0 Å². The van der Waals surface area contributed by atoms with Crippen molar-refractivity contribution in [2.45, 2.75) is 25.8 Å². The van der Waals surface area contributed by atoms with Crippen LogP contribution >= 0.6 is 15.9 Å². The number of hydrogen-bond acceptors (Lipinski definition) is 2. The Morgan fingerprint density at radius 1 is 0.967 bits per heavy atom. The molecular weight excluding hydrogens is 436 g/mol. The Labute approximate surface area is 185 Å². The number of carbonyl (C=O) groups excluding carboxylic acids is 1. The fourth-order valence-electron chi connectivity index (χ4n) is 3.53. The third-order valence-corrected chi connectivity index (χ3v) is 5.72. The summed E-state index contributed by atoms with van der Waals surface area (Å²) in [5.41, 5.74) is 4.54. The van der Waals surface area contributed by atoms with Crippen LogP contribution in [0.15, 0.2) is 89.4 Å². The highest BCUT2D eigenvalue weighted by Gasteiger charge is 2.16. The second-order valence-electron chi connectivity index (χ2n) is 7.48. The van der Waals surface area contributed by atoms with E-state index in [0.717, 1.165) is 39.5 Å². The van der Waals surface area contributed by atoms with Crippen LogP contribution in [0.1, 0.15) is 29.3 Å². The van der Waals surface area contributed by atoms with Crippen LogP contribution < -0.4 is 5.32 Å². The molecule has 0 fully saturated rings. The lowest BCUT2D eigenvalue weighted by Gasteiger charge is -2.16. The zero-order chi connectivity index (χ0) is 20.9. The molecule has 3 nitrogen and oxygen atoms in total. The van der Waals surface area contributed by atoms with Crippen molar-refractivity contribution in [2.24, 2.45) is 0 Å². The molecule has 1 atom stereocenters. The number of benzene rings is 3. The first kappa shape index (κ1) is 20.3. The Bertz CT molecular complexity index is 1160. The second-order valence-corrected chi connectivity index (χ2v) is 8.39. The van der Waals surface area contributed by atoms with Crippen molar-refractivity contribution >= 4 is 32.7 Å². The second kappa shape index (κ2) is 9.23. The molecule has 30 heavy (non-hydrogen) atoms. The molecule has 3 aromatic carbocycles. The summed E-state index contributed by atoms with van der Waals surface area (Å²) in [4.78, 5) is 17.9. The van der Waals surface area contributed by atoms with Gasteiger partial charge in [-0.05, 0) is 49.6 Å². The lowest BCUT2D eigenvalue weighted by atomic mass is 10.0. The van der Waals surface area contributed by atoms with Gasteiger partial charge >= 0.3 is 0 Å². The minimum absolute atomic E-state index is 0.0625. The molecule has 1 amide bonds. The zero-order valence-corrected chi connectivity index (χ0v) is 18.4. The number of hydrogen-bond donors (Lipinski definition) is 1. The van der Waals surface area contributed by atoms with Crippen molar-refractivity contribution in [3.05, 3.63) is 101 Å². The highest BCUT2D eigenvalue weighted by Crippen LogP contribution is 2.26. The maximum atomic E-state index is 13.2. The molecule has 0 radical (unpaired) electrons. The van der Waals surface area contributed by atoms with E-state index < -0.39 is 0 Å². The van der Waals surface area contributed by atoms with E-state index in [1.807, 2.05) is 72.8 Å². The van der Waals surface area contributed by atoms with Gasteiger partial charge in [0.1, 0.15) is 0 Å². The van der Waals surface area contributed by atoms with Crippen LogP contribution in [0.2, 0.25) is 0 Å². The van der Waals surface area contributed by atoms with Crippen LogP contribution in [-0.2, 0) is 6.42 Å². The maximum absolute atomic E-state index is 13.2. The third-order valence-electron chi connectivity index (χ3n) is 5.19. The molecule has 1 heterocycles. The molecule has 1 unspecified atom stereocenters. The number of nitrogens with one attached hydrogen (secondary N) is 1. The number of aromatic nitrogens is 1. The predicted octanol–water partition coefficient (Wildman–Crippen LogP) is 6.42. The van der Waals surface area contributed by atoms with Crippen LogP contribution in [0.3, 0.4) is 0 Å². The smallest absolute Gasteiger partial charge is 0.252 e. The lowest BCUT2D eigenvalue weighted by Crippen LogP contribution is -2.33. The summed E-state index contributed by atoms with van der Waals surface area (Å²) in [5.74, 6) is -0.0625. The fraction of sp³-hybridized carbons (Fsp3) is 0.154.